The topological polar surface area (TPSA) is 3.88 Å². The van der Waals surface area contributed by atoms with Gasteiger partial charge in [-0.3, -0.25) is 0 Å². The van der Waals surface area contributed by atoms with Gasteiger partial charge in [-0.1, -0.05) is 48.5 Å². The van der Waals surface area contributed by atoms with Crippen LogP contribution >= 0.6 is 0 Å². The van der Waals surface area contributed by atoms with Crippen molar-refractivity contribution in [3.8, 4) is 11.1 Å². The van der Waals surface area contributed by atoms with Crippen LogP contribution in [0.1, 0.15) is 16.7 Å². The zero-order valence-corrected chi connectivity index (χ0v) is 12.6. The molecule has 21 heavy (non-hydrogen) atoms. The third kappa shape index (κ3) is 3.03. The number of hydrogen-bond acceptors (Lipinski definition) is 0. The molecule has 1 nitrogen and oxygen atoms in total. The Labute approximate surface area is 126 Å². The molecule has 0 aliphatic carbocycles. The summed E-state index contributed by atoms with van der Waals surface area (Å²) in [6.45, 7) is 5.26. The third-order valence-corrected chi connectivity index (χ3v) is 4.01. The summed E-state index contributed by atoms with van der Waals surface area (Å²) in [6, 6.07) is 21.4. The van der Waals surface area contributed by atoms with Crippen molar-refractivity contribution in [2.45, 2.75) is 20.4 Å². The molecule has 3 rings (SSSR count). The summed E-state index contributed by atoms with van der Waals surface area (Å²) < 4.78 is 2.21. The van der Waals surface area contributed by atoms with Crippen molar-refractivity contribution in [2.24, 2.45) is 0 Å². The van der Waals surface area contributed by atoms with Crippen LogP contribution in [0.2, 0.25) is 0 Å². The first-order valence-electron chi connectivity index (χ1n) is 7.33. The third-order valence-electron chi connectivity index (χ3n) is 4.01. The molecule has 1 heteroatoms. The minimum atomic E-state index is 0.911. The number of aromatic nitrogens is 1. The second kappa shape index (κ2) is 5.92. The Kier molecular flexibility index (Phi) is 3.83. The maximum atomic E-state index is 2.21. The number of aryl methyl sites for hydroxylation is 1. The van der Waals surface area contributed by atoms with Gasteiger partial charge in [0, 0.05) is 17.7 Å². The number of pyridine rings is 1. The van der Waals surface area contributed by atoms with Gasteiger partial charge < -0.3 is 0 Å². The Balaban J connectivity index is 1.86. The first-order valence-corrected chi connectivity index (χ1v) is 7.33. The normalized spacial score (nSPS) is 10.6. The maximum absolute atomic E-state index is 2.21. The number of benzene rings is 2. The van der Waals surface area contributed by atoms with Crippen LogP contribution < -0.4 is 4.57 Å². The van der Waals surface area contributed by atoms with E-state index in [9.17, 15) is 0 Å². The SMILES string of the molecule is Cc1cccc(-c2cc[n+](Cc3ccccc3)cc2)c1C. The van der Waals surface area contributed by atoms with E-state index in [-0.39, 0.29) is 0 Å². The number of hydrogen-bond donors (Lipinski definition) is 0. The van der Waals surface area contributed by atoms with Crippen LogP contribution in [0, 0.1) is 13.8 Å². The zero-order chi connectivity index (χ0) is 14.7. The first kappa shape index (κ1) is 13.6. The molecule has 104 valence electrons. The van der Waals surface area contributed by atoms with E-state index in [1.165, 1.54) is 27.8 Å². The summed E-state index contributed by atoms with van der Waals surface area (Å²) in [7, 11) is 0. The lowest BCUT2D eigenvalue weighted by atomic mass is 9.98. The van der Waals surface area contributed by atoms with Gasteiger partial charge in [0.15, 0.2) is 18.9 Å². The molecule has 3 aromatic rings. The lowest BCUT2D eigenvalue weighted by Gasteiger charge is -2.08. The second-order valence-corrected chi connectivity index (χ2v) is 5.49. The molecule has 0 saturated heterocycles. The van der Waals surface area contributed by atoms with Crippen molar-refractivity contribution in [3.63, 3.8) is 0 Å². The van der Waals surface area contributed by atoms with Crippen LogP contribution in [0.5, 0.6) is 0 Å². The van der Waals surface area contributed by atoms with Gasteiger partial charge in [-0.15, -0.1) is 0 Å². The molecule has 0 saturated carbocycles. The van der Waals surface area contributed by atoms with Gasteiger partial charge in [0.05, 0.1) is 0 Å². The summed E-state index contributed by atoms with van der Waals surface area (Å²) >= 11 is 0. The highest BCUT2D eigenvalue weighted by Crippen LogP contribution is 2.24. The quantitative estimate of drug-likeness (QED) is 0.627. The smallest absolute Gasteiger partial charge is 0.173 e. The molecule has 2 aromatic carbocycles. The molecule has 0 fully saturated rings. The fraction of sp³-hybridized carbons (Fsp3) is 0.150. The molecule has 1 aromatic heterocycles. The van der Waals surface area contributed by atoms with Crippen molar-refractivity contribution >= 4 is 0 Å². The molecule has 0 bridgehead atoms. The average molecular weight is 274 g/mol. The summed E-state index contributed by atoms with van der Waals surface area (Å²) in [4.78, 5) is 0. The van der Waals surface area contributed by atoms with E-state index in [4.69, 9.17) is 0 Å². The molecule has 0 amide bonds. The Morgan fingerprint density at radius 2 is 1.48 bits per heavy atom. The molecule has 0 aliphatic heterocycles. The lowest BCUT2D eigenvalue weighted by molar-refractivity contribution is -0.688. The lowest BCUT2D eigenvalue weighted by Crippen LogP contribution is -2.32. The molecular formula is C20H20N+. The highest BCUT2D eigenvalue weighted by molar-refractivity contribution is 5.67. The Bertz CT molecular complexity index is 728. The van der Waals surface area contributed by atoms with Gasteiger partial charge in [-0.2, -0.15) is 0 Å². The number of nitrogens with zero attached hydrogens (tertiary/aromatic N) is 1. The monoisotopic (exact) mass is 274 g/mol. The standard InChI is InChI=1S/C20H20N/c1-16-7-6-10-20(17(16)2)19-11-13-21(14-12-19)15-18-8-4-3-5-9-18/h3-14H,15H2,1-2H3/q+1. The first-order chi connectivity index (χ1) is 10.2. The predicted octanol–water partition coefficient (Wildman–Crippen LogP) is 4.31. The van der Waals surface area contributed by atoms with E-state index in [0.717, 1.165) is 6.54 Å². The average Bonchev–Trinajstić information content (AvgIpc) is 2.52. The van der Waals surface area contributed by atoms with E-state index in [0.29, 0.717) is 0 Å². The van der Waals surface area contributed by atoms with Crippen LogP contribution in [0.3, 0.4) is 0 Å². The van der Waals surface area contributed by atoms with Gasteiger partial charge in [0.25, 0.3) is 0 Å². The fourth-order valence-electron chi connectivity index (χ4n) is 2.60. The van der Waals surface area contributed by atoms with Crippen molar-refractivity contribution in [1.82, 2.24) is 0 Å². The van der Waals surface area contributed by atoms with Crippen LogP contribution in [0.15, 0.2) is 73.1 Å². The van der Waals surface area contributed by atoms with Crippen LogP contribution in [-0.4, -0.2) is 0 Å². The van der Waals surface area contributed by atoms with Crippen LogP contribution in [-0.2, 0) is 6.54 Å². The van der Waals surface area contributed by atoms with E-state index in [2.05, 4.69) is 91.5 Å². The molecule has 0 atom stereocenters. The molecule has 0 N–H and O–H groups in total. The number of rotatable bonds is 3. The maximum Gasteiger partial charge on any atom is 0.173 e. The van der Waals surface area contributed by atoms with E-state index in [1.807, 2.05) is 0 Å². The summed E-state index contributed by atoms with van der Waals surface area (Å²) in [5, 5.41) is 0. The van der Waals surface area contributed by atoms with Gasteiger partial charge in [0.1, 0.15) is 0 Å². The Morgan fingerprint density at radius 3 is 2.19 bits per heavy atom. The van der Waals surface area contributed by atoms with Crippen LogP contribution in [0.25, 0.3) is 11.1 Å². The van der Waals surface area contributed by atoms with Crippen molar-refractivity contribution in [1.29, 1.82) is 0 Å². The fourth-order valence-corrected chi connectivity index (χ4v) is 2.60. The molecular weight excluding hydrogens is 254 g/mol. The van der Waals surface area contributed by atoms with Crippen LogP contribution in [0.4, 0.5) is 0 Å². The van der Waals surface area contributed by atoms with Crippen molar-refractivity contribution < 1.29 is 4.57 Å². The second-order valence-electron chi connectivity index (χ2n) is 5.49. The summed E-state index contributed by atoms with van der Waals surface area (Å²) in [6.07, 6.45) is 4.31. The molecule has 0 aliphatic rings. The van der Waals surface area contributed by atoms with Gasteiger partial charge in [0.2, 0.25) is 0 Å². The minimum absolute atomic E-state index is 0.911. The van der Waals surface area contributed by atoms with Gasteiger partial charge in [-0.25, -0.2) is 4.57 Å². The Morgan fingerprint density at radius 1 is 0.762 bits per heavy atom. The van der Waals surface area contributed by atoms with E-state index >= 15 is 0 Å². The summed E-state index contributed by atoms with van der Waals surface area (Å²) in [5.74, 6) is 0. The molecule has 1 heterocycles. The minimum Gasteiger partial charge on any atom is -0.201 e. The molecule has 0 spiro atoms. The van der Waals surface area contributed by atoms with Crippen molar-refractivity contribution in [3.05, 3.63) is 89.7 Å². The van der Waals surface area contributed by atoms with E-state index < -0.39 is 0 Å². The highest BCUT2D eigenvalue weighted by atomic mass is 14.9. The van der Waals surface area contributed by atoms with E-state index in [1.54, 1.807) is 0 Å². The largest absolute Gasteiger partial charge is 0.201 e. The van der Waals surface area contributed by atoms with Crippen molar-refractivity contribution in [2.75, 3.05) is 0 Å². The van der Waals surface area contributed by atoms with Gasteiger partial charge in [-0.05, 0) is 36.1 Å². The van der Waals surface area contributed by atoms with Gasteiger partial charge >= 0.3 is 0 Å². The molecule has 0 unspecified atom stereocenters. The Hall–Kier alpha value is -2.41. The molecule has 0 radical (unpaired) electrons. The highest BCUT2D eigenvalue weighted by Gasteiger charge is 2.07. The predicted molar refractivity (Wildman–Crippen MR) is 87.1 cm³/mol. The summed E-state index contributed by atoms with van der Waals surface area (Å²) in [5.41, 5.74) is 6.62. The zero-order valence-electron chi connectivity index (χ0n) is 12.6.